The van der Waals surface area contributed by atoms with E-state index in [0.29, 0.717) is 38.9 Å². The first kappa shape index (κ1) is 45.4. The molecule has 0 spiro atoms. The molecule has 0 atom stereocenters. The molecule has 0 amide bonds. The highest BCUT2D eigenvalue weighted by Crippen LogP contribution is 2.41. The number of nitrogens with two attached hydrogens (primary N) is 2. The van der Waals surface area contributed by atoms with E-state index in [4.69, 9.17) is 48.3 Å². The van der Waals surface area contributed by atoms with Crippen LogP contribution in [0.1, 0.15) is 5.56 Å². The molecule has 1 aromatic heterocycles. The van der Waals surface area contributed by atoms with Gasteiger partial charge in [0.15, 0.2) is 0 Å². The zero-order chi connectivity index (χ0) is 45.3. The lowest BCUT2D eigenvalue weighted by molar-refractivity contribution is 0.480. The van der Waals surface area contributed by atoms with Crippen LogP contribution in [-0.2, 0) is 31.3 Å². The maximum Gasteiger partial charge on any atom is 0.425 e. The summed E-state index contributed by atoms with van der Waals surface area (Å²) < 4.78 is 85.6. The molecule has 0 aliphatic rings. The fourth-order valence-corrected chi connectivity index (χ4v) is 6.39. The maximum absolute atomic E-state index is 12.4. The van der Waals surface area contributed by atoms with E-state index in [1.165, 1.54) is 12.1 Å². The van der Waals surface area contributed by atoms with E-state index >= 15 is 0 Å². The fourth-order valence-electron chi connectivity index (χ4n) is 5.58. The Labute approximate surface area is 357 Å². The van der Waals surface area contributed by atoms with Crippen molar-refractivity contribution in [3.05, 3.63) is 108 Å². The maximum atomic E-state index is 12.4. The van der Waals surface area contributed by atoms with Crippen molar-refractivity contribution in [2.24, 2.45) is 20.5 Å². The predicted octanol–water partition coefficient (Wildman–Crippen LogP) is 7.27. The van der Waals surface area contributed by atoms with Crippen LogP contribution in [0.2, 0.25) is 5.28 Å². The van der Waals surface area contributed by atoms with Crippen LogP contribution in [0.4, 0.5) is 57.4 Å². The number of nitrogens with one attached hydrogen (secondary N) is 2. The number of rotatable bonds is 9. The van der Waals surface area contributed by atoms with Gasteiger partial charge in [0.05, 0.1) is 27.8 Å². The van der Waals surface area contributed by atoms with Crippen molar-refractivity contribution in [3.63, 3.8) is 0 Å². The Morgan fingerprint density at radius 3 is 1.76 bits per heavy atom. The molecule has 0 aliphatic heterocycles. The van der Waals surface area contributed by atoms with Crippen molar-refractivity contribution >= 4 is 122 Å². The predicted molar refractivity (Wildman–Crippen MR) is 227 cm³/mol. The SMILES string of the molecule is Cc1cc(O)c2c(N=Nc3ccc(Nc4nc(Cl)nc(Nc5ccc(N=Nc6c(N)ccc7cccc(O)c67)cc5)n4)cc3S(=O)(=O)O)c(N)ccc2c1.O=S(=O)=O.O=S(=O)=O. The number of hydrogen-bond donors (Lipinski definition) is 7. The number of anilines is 6. The quantitative estimate of drug-likeness (QED) is 0.0425. The Morgan fingerprint density at radius 1 is 0.629 bits per heavy atom. The standard InChI is InChI=1S/C36H28ClN11O5S.2O3S/c1-18-15-20-6-13-25(39)33(31(20)28(50)16-18)48-46-26-14-11-23(17-29(26)54(51,52)53)41-36-43-34(37)42-35(44-36)40-21-7-9-22(10-8-21)45-47-32-24(38)12-5-19-3-2-4-27(49)30(19)32;2*1-4(2)3/h2-17,49-50H,38-39H2,1H3,(H,51,52,53)(H2,40,41,42,43,44);;. The molecule has 0 fully saturated rings. The van der Waals surface area contributed by atoms with Crippen LogP contribution in [0.3, 0.4) is 0 Å². The Balaban J connectivity index is 0.000000836. The summed E-state index contributed by atoms with van der Waals surface area (Å²) in [5.41, 5.74) is 15.1. The second kappa shape index (κ2) is 19.6. The van der Waals surface area contributed by atoms with Gasteiger partial charge in [-0.15, -0.1) is 40.6 Å². The summed E-state index contributed by atoms with van der Waals surface area (Å²) in [5.74, 6) is -0.0338. The molecular formula is C36H28ClN11O11S3. The lowest BCUT2D eigenvalue weighted by atomic mass is 10.0. The Morgan fingerprint density at radius 2 is 1.16 bits per heavy atom. The molecule has 0 radical (unpaired) electrons. The van der Waals surface area contributed by atoms with E-state index < -0.39 is 36.2 Å². The van der Waals surface area contributed by atoms with Crippen molar-refractivity contribution in [3.8, 4) is 11.5 Å². The molecule has 62 heavy (non-hydrogen) atoms. The van der Waals surface area contributed by atoms with Crippen LogP contribution in [0, 0.1) is 6.92 Å². The minimum atomic E-state index is -4.81. The number of fused-ring (bicyclic) bond motifs is 2. The van der Waals surface area contributed by atoms with Crippen LogP contribution in [0.25, 0.3) is 21.5 Å². The van der Waals surface area contributed by atoms with Crippen LogP contribution in [0.5, 0.6) is 11.5 Å². The second-order valence-electron chi connectivity index (χ2n) is 12.3. The molecule has 22 nitrogen and oxygen atoms in total. The molecule has 0 bridgehead atoms. The zero-order valence-corrected chi connectivity index (χ0v) is 34.4. The monoisotopic (exact) mass is 921 g/mol. The highest BCUT2D eigenvalue weighted by molar-refractivity contribution is 7.86. The number of benzene rings is 6. The number of azo groups is 2. The number of phenols is 2. The van der Waals surface area contributed by atoms with E-state index in [0.717, 1.165) is 17.0 Å². The van der Waals surface area contributed by atoms with Gasteiger partial charge in [-0.1, -0.05) is 30.3 Å². The Hall–Kier alpha value is -7.71. The summed E-state index contributed by atoms with van der Waals surface area (Å²) in [6.07, 6.45) is 0. The molecule has 0 unspecified atom stereocenters. The van der Waals surface area contributed by atoms with Crippen LogP contribution in [0.15, 0.2) is 122 Å². The van der Waals surface area contributed by atoms with Crippen molar-refractivity contribution in [1.82, 2.24) is 15.0 Å². The van der Waals surface area contributed by atoms with Gasteiger partial charge in [-0.05, 0) is 102 Å². The first-order valence-electron chi connectivity index (χ1n) is 16.8. The molecule has 318 valence electrons. The van der Waals surface area contributed by atoms with Gasteiger partial charge in [0.25, 0.3) is 10.1 Å². The number of nitrogen functional groups attached to an aromatic ring is 2. The van der Waals surface area contributed by atoms with Crippen LogP contribution >= 0.6 is 11.6 Å². The minimum absolute atomic E-state index is 0.0387. The number of phenolic OH excluding ortho intramolecular Hbond substituents is 2. The molecule has 0 saturated heterocycles. The molecule has 0 aliphatic carbocycles. The van der Waals surface area contributed by atoms with Crippen molar-refractivity contribution in [1.29, 1.82) is 0 Å². The van der Waals surface area contributed by atoms with Gasteiger partial charge in [0.1, 0.15) is 33.5 Å². The normalized spacial score (nSPS) is 11.1. The molecule has 7 rings (SSSR count). The fraction of sp³-hybridized carbons (Fsp3) is 0.0278. The molecule has 1 heterocycles. The van der Waals surface area contributed by atoms with Gasteiger partial charge < -0.3 is 32.3 Å². The lowest BCUT2D eigenvalue weighted by Gasteiger charge is -2.11. The second-order valence-corrected chi connectivity index (χ2v) is 14.8. The van der Waals surface area contributed by atoms with E-state index in [1.54, 1.807) is 66.7 Å². The minimum Gasteiger partial charge on any atom is -0.507 e. The summed E-state index contributed by atoms with van der Waals surface area (Å²) in [5, 5.41) is 45.7. The average molecular weight is 922 g/mol. The van der Waals surface area contributed by atoms with E-state index in [-0.39, 0.29) is 51.4 Å². The molecular weight excluding hydrogens is 894 g/mol. The van der Waals surface area contributed by atoms with Gasteiger partial charge in [0, 0.05) is 11.4 Å². The average Bonchev–Trinajstić information content (AvgIpc) is 3.17. The van der Waals surface area contributed by atoms with Crippen LogP contribution < -0.4 is 22.1 Å². The zero-order valence-electron chi connectivity index (χ0n) is 31.2. The number of aromatic nitrogens is 3. The molecule has 9 N–H and O–H groups in total. The number of halogens is 1. The molecule has 6 aromatic carbocycles. The highest BCUT2D eigenvalue weighted by Gasteiger charge is 2.19. The third-order valence-corrected chi connectivity index (χ3v) is 9.07. The summed E-state index contributed by atoms with van der Waals surface area (Å²) in [4.78, 5) is 11.9. The van der Waals surface area contributed by atoms with Gasteiger partial charge >= 0.3 is 21.2 Å². The summed E-state index contributed by atoms with van der Waals surface area (Å²) in [7, 11) is -11.0. The van der Waals surface area contributed by atoms with Crippen molar-refractivity contribution in [2.45, 2.75) is 11.8 Å². The number of aryl methyl sites for hydroxylation is 1. The summed E-state index contributed by atoms with van der Waals surface area (Å²) >= 11 is 6.19. The number of hydrogen-bond acceptors (Lipinski definition) is 21. The first-order chi connectivity index (χ1) is 29.3. The largest absolute Gasteiger partial charge is 0.507 e. The third kappa shape index (κ3) is 11.9. The number of nitrogens with zero attached hydrogens (tertiary/aromatic N) is 7. The lowest BCUT2D eigenvalue weighted by Crippen LogP contribution is -2.05. The van der Waals surface area contributed by atoms with Crippen molar-refractivity contribution < 1.29 is 48.4 Å². The van der Waals surface area contributed by atoms with Gasteiger partial charge in [0.2, 0.25) is 17.2 Å². The molecule has 0 saturated carbocycles. The van der Waals surface area contributed by atoms with Crippen molar-refractivity contribution in [2.75, 3.05) is 22.1 Å². The summed E-state index contributed by atoms with van der Waals surface area (Å²) in [6, 6.07) is 25.9. The van der Waals surface area contributed by atoms with E-state index in [2.05, 4.69) is 46.0 Å². The van der Waals surface area contributed by atoms with E-state index in [9.17, 15) is 23.2 Å². The molecule has 7 aromatic rings. The highest BCUT2D eigenvalue weighted by atomic mass is 35.5. The first-order valence-corrected chi connectivity index (χ1v) is 20.7. The van der Waals surface area contributed by atoms with Gasteiger partial charge in [-0.3, -0.25) is 4.55 Å². The Bertz CT molecular complexity index is 3230. The van der Waals surface area contributed by atoms with Gasteiger partial charge in [-0.2, -0.15) is 28.5 Å². The van der Waals surface area contributed by atoms with Crippen LogP contribution in [-0.4, -0.2) is 63.4 Å². The smallest absolute Gasteiger partial charge is 0.425 e. The topological polar surface area (TPSA) is 361 Å². The number of aromatic hydroxyl groups is 2. The third-order valence-electron chi connectivity index (χ3n) is 8.02. The Kier molecular flexibility index (Phi) is 14.3. The van der Waals surface area contributed by atoms with Gasteiger partial charge in [-0.25, -0.2) is 0 Å². The summed E-state index contributed by atoms with van der Waals surface area (Å²) in [6.45, 7) is 1.82. The van der Waals surface area contributed by atoms with E-state index in [1.807, 2.05) is 19.1 Å². The molecule has 26 heteroatoms.